The van der Waals surface area contributed by atoms with Gasteiger partial charge in [-0.3, -0.25) is 14.9 Å². The summed E-state index contributed by atoms with van der Waals surface area (Å²) in [5.41, 5.74) is 2.00. The lowest BCUT2D eigenvalue weighted by Gasteiger charge is -2.20. The zero-order chi connectivity index (χ0) is 20.4. The van der Waals surface area contributed by atoms with E-state index in [9.17, 15) is 23.3 Å². The van der Waals surface area contributed by atoms with Crippen LogP contribution < -0.4 is 10.2 Å². The monoisotopic (exact) mass is 391 g/mol. The van der Waals surface area contributed by atoms with Crippen LogP contribution in [-0.2, 0) is 14.6 Å². The molecule has 2 aromatic rings. The van der Waals surface area contributed by atoms with Crippen molar-refractivity contribution in [2.75, 3.05) is 30.1 Å². The van der Waals surface area contributed by atoms with Gasteiger partial charge in [0.2, 0.25) is 5.91 Å². The molecule has 0 radical (unpaired) electrons. The average molecular weight is 391 g/mol. The number of anilines is 2. The first-order valence-electron chi connectivity index (χ1n) is 8.07. The minimum absolute atomic E-state index is 0.0552. The molecule has 0 aliphatic rings. The summed E-state index contributed by atoms with van der Waals surface area (Å²) < 4.78 is 23.7. The van der Waals surface area contributed by atoms with Crippen LogP contribution in [0.4, 0.5) is 17.1 Å². The number of sulfone groups is 1. The minimum atomic E-state index is -3.79. The summed E-state index contributed by atoms with van der Waals surface area (Å²) in [5, 5.41) is 14.3. The van der Waals surface area contributed by atoms with Crippen molar-refractivity contribution in [2.45, 2.75) is 18.7 Å². The molecule has 0 fully saturated rings. The fourth-order valence-electron chi connectivity index (χ4n) is 2.79. The molecule has 0 atom stereocenters. The maximum Gasteiger partial charge on any atom is 0.311 e. The van der Waals surface area contributed by atoms with Crippen LogP contribution in [-0.4, -0.2) is 39.1 Å². The van der Waals surface area contributed by atoms with E-state index in [2.05, 4.69) is 5.32 Å². The number of hydrogen-bond donors (Lipinski definition) is 1. The van der Waals surface area contributed by atoms with E-state index in [-0.39, 0.29) is 23.0 Å². The number of carbonyl (C=O) groups is 1. The van der Waals surface area contributed by atoms with Gasteiger partial charge in [-0.2, -0.15) is 0 Å². The van der Waals surface area contributed by atoms with Crippen molar-refractivity contribution < 1.29 is 18.1 Å². The number of nitro groups is 1. The van der Waals surface area contributed by atoms with Gasteiger partial charge < -0.3 is 10.2 Å². The third kappa shape index (κ3) is 4.62. The first kappa shape index (κ1) is 20.4. The molecule has 9 heteroatoms. The van der Waals surface area contributed by atoms with Gasteiger partial charge in [0.1, 0.15) is 10.6 Å². The highest BCUT2D eigenvalue weighted by molar-refractivity contribution is 7.90. The van der Waals surface area contributed by atoms with Crippen LogP contribution in [0.1, 0.15) is 11.1 Å². The summed E-state index contributed by atoms with van der Waals surface area (Å²) in [4.78, 5) is 24.1. The topological polar surface area (TPSA) is 110 Å². The summed E-state index contributed by atoms with van der Waals surface area (Å²) in [6.45, 7) is 3.56. The average Bonchev–Trinajstić information content (AvgIpc) is 2.56. The number of hydrogen-bond acceptors (Lipinski definition) is 6. The van der Waals surface area contributed by atoms with E-state index in [0.29, 0.717) is 5.69 Å². The molecule has 0 spiro atoms. The Balaban J connectivity index is 2.32. The first-order valence-corrected chi connectivity index (χ1v) is 9.96. The van der Waals surface area contributed by atoms with E-state index in [4.69, 9.17) is 0 Å². The van der Waals surface area contributed by atoms with Gasteiger partial charge >= 0.3 is 5.69 Å². The van der Waals surface area contributed by atoms with Gasteiger partial charge in [0.05, 0.1) is 11.5 Å². The van der Waals surface area contributed by atoms with Crippen LogP contribution in [0.5, 0.6) is 0 Å². The second-order valence-corrected chi connectivity index (χ2v) is 8.31. The number of benzene rings is 2. The van der Waals surface area contributed by atoms with Crippen molar-refractivity contribution in [3.8, 4) is 0 Å². The Labute approximate surface area is 157 Å². The number of nitrogens with one attached hydrogen (secondary N) is 1. The Bertz CT molecular complexity index is 982. The van der Waals surface area contributed by atoms with Crippen LogP contribution in [0, 0.1) is 24.0 Å². The van der Waals surface area contributed by atoms with Crippen molar-refractivity contribution in [3.05, 3.63) is 57.6 Å². The molecule has 27 heavy (non-hydrogen) atoms. The van der Waals surface area contributed by atoms with E-state index in [1.165, 1.54) is 30.1 Å². The Morgan fingerprint density at radius 1 is 1.15 bits per heavy atom. The number of nitro benzene ring substituents is 1. The summed E-state index contributed by atoms with van der Waals surface area (Å²) in [6, 6.07) is 9.63. The molecule has 144 valence electrons. The second-order valence-electron chi connectivity index (χ2n) is 6.32. The van der Waals surface area contributed by atoms with Crippen LogP contribution >= 0.6 is 0 Å². The number of amides is 1. The third-order valence-corrected chi connectivity index (χ3v) is 5.23. The fraction of sp³-hybridized carbons (Fsp3) is 0.278. The Morgan fingerprint density at radius 3 is 2.22 bits per heavy atom. The van der Waals surface area contributed by atoms with Crippen molar-refractivity contribution in [1.82, 2.24) is 0 Å². The molecule has 2 rings (SSSR count). The smallest absolute Gasteiger partial charge is 0.311 e. The fourth-order valence-corrected chi connectivity index (χ4v) is 3.65. The molecule has 0 aliphatic heterocycles. The second kappa shape index (κ2) is 7.75. The molecule has 0 heterocycles. The van der Waals surface area contributed by atoms with Crippen molar-refractivity contribution >= 4 is 32.8 Å². The molecule has 0 bridgehead atoms. The number of rotatable bonds is 6. The molecular formula is C18H21N3O5S. The predicted octanol–water partition coefficient (Wildman–Crippen LogP) is 2.69. The first-order chi connectivity index (χ1) is 12.5. The lowest BCUT2D eigenvalue weighted by atomic mass is 10.1. The van der Waals surface area contributed by atoms with E-state index in [1.807, 2.05) is 32.0 Å². The summed E-state index contributed by atoms with van der Waals surface area (Å²) in [5.74, 6) is -0.367. The zero-order valence-electron chi connectivity index (χ0n) is 15.5. The van der Waals surface area contributed by atoms with Gasteiger partial charge in [-0.25, -0.2) is 8.42 Å². The molecule has 0 unspecified atom stereocenters. The Kier molecular flexibility index (Phi) is 5.85. The number of para-hydroxylation sites is 2. The number of likely N-dealkylation sites (N-methyl/N-ethyl adjacent to an activating group) is 1. The van der Waals surface area contributed by atoms with Gasteiger partial charge in [0, 0.05) is 19.0 Å². The Hall–Kier alpha value is -2.94. The van der Waals surface area contributed by atoms with Crippen LogP contribution in [0.25, 0.3) is 0 Å². The molecule has 2 aromatic carbocycles. The van der Waals surface area contributed by atoms with Crippen LogP contribution in [0.3, 0.4) is 0 Å². The largest absolute Gasteiger partial charge is 0.360 e. The normalized spacial score (nSPS) is 11.1. The quantitative estimate of drug-likeness (QED) is 0.599. The zero-order valence-corrected chi connectivity index (χ0v) is 16.3. The molecular weight excluding hydrogens is 370 g/mol. The molecule has 8 nitrogen and oxygen atoms in total. The highest BCUT2D eigenvalue weighted by atomic mass is 32.2. The number of nitrogens with zero attached hydrogens (tertiary/aromatic N) is 2. The number of carbonyl (C=O) groups excluding carboxylic acids is 1. The standard InChI is InChI=1S/C18H21N3O5S/c1-12-7-5-8-13(2)17(12)19-16(22)11-20(3)14-9-6-10-15(27(4,25)26)18(14)21(23)24/h5-10H,11H2,1-4H3,(H,19,22). The molecule has 1 N–H and O–H groups in total. The van der Waals surface area contributed by atoms with Gasteiger partial charge in [0.25, 0.3) is 0 Å². The Morgan fingerprint density at radius 2 is 1.70 bits per heavy atom. The summed E-state index contributed by atoms with van der Waals surface area (Å²) >= 11 is 0. The highest BCUT2D eigenvalue weighted by Gasteiger charge is 2.28. The van der Waals surface area contributed by atoms with Crippen molar-refractivity contribution in [2.24, 2.45) is 0 Å². The van der Waals surface area contributed by atoms with E-state index in [1.54, 1.807) is 0 Å². The molecule has 0 saturated carbocycles. The lowest BCUT2D eigenvalue weighted by Crippen LogP contribution is -2.31. The predicted molar refractivity (Wildman–Crippen MR) is 104 cm³/mol. The maximum atomic E-state index is 12.4. The van der Waals surface area contributed by atoms with Crippen LogP contribution in [0.2, 0.25) is 0 Å². The molecule has 0 aliphatic carbocycles. The van der Waals surface area contributed by atoms with Gasteiger partial charge in [0.15, 0.2) is 9.84 Å². The third-order valence-electron chi connectivity index (χ3n) is 4.10. The summed E-state index contributed by atoms with van der Waals surface area (Å²) in [7, 11) is -2.29. The van der Waals surface area contributed by atoms with E-state index >= 15 is 0 Å². The highest BCUT2D eigenvalue weighted by Crippen LogP contribution is 2.34. The van der Waals surface area contributed by atoms with Gasteiger partial charge in [-0.05, 0) is 37.1 Å². The van der Waals surface area contributed by atoms with Gasteiger partial charge in [-0.1, -0.05) is 24.3 Å². The van der Waals surface area contributed by atoms with Crippen molar-refractivity contribution in [1.29, 1.82) is 0 Å². The van der Waals surface area contributed by atoms with Gasteiger partial charge in [-0.15, -0.1) is 0 Å². The SMILES string of the molecule is Cc1cccc(C)c1NC(=O)CN(C)c1cccc(S(C)(=O)=O)c1[N+](=O)[O-]. The number of aryl methyl sites for hydroxylation is 2. The molecule has 1 amide bonds. The van der Waals surface area contributed by atoms with Crippen molar-refractivity contribution in [3.63, 3.8) is 0 Å². The van der Waals surface area contributed by atoms with E-state index in [0.717, 1.165) is 17.4 Å². The van der Waals surface area contributed by atoms with Crippen LogP contribution in [0.15, 0.2) is 41.3 Å². The molecule has 0 saturated heterocycles. The lowest BCUT2D eigenvalue weighted by molar-refractivity contribution is -0.387. The minimum Gasteiger partial charge on any atom is -0.360 e. The van der Waals surface area contributed by atoms with E-state index < -0.39 is 20.4 Å². The molecule has 0 aromatic heterocycles. The maximum absolute atomic E-state index is 12.4. The summed E-state index contributed by atoms with van der Waals surface area (Å²) in [6.07, 6.45) is 0.910.